The van der Waals surface area contributed by atoms with E-state index in [4.69, 9.17) is 5.73 Å². The summed E-state index contributed by atoms with van der Waals surface area (Å²) >= 11 is 0. The highest BCUT2D eigenvalue weighted by atomic mass is 15.0. The van der Waals surface area contributed by atoms with Crippen molar-refractivity contribution in [3.05, 3.63) is 54.4 Å². The molecule has 0 aliphatic carbocycles. The van der Waals surface area contributed by atoms with Crippen molar-refractivity contribution in [2.75, 3.05) is 0 Å². The summed E-state index contributed by atoms with van der Waals surface area (Å²) in [5.41, 5.74) is 9.05. The van der Waals surface area contributed by atoms with Crippen molar-refractivity contribution in [3.63, 3.8) is 0 Å². The van der Waals surface area contributed by atoms with Crippen molar-refractivity contribution in [3.8, 4) is 0 Å². The molecule has 0 amide bonds. The summed E-state index contributed by atoms with van der Waals surface area (Å²) in [7, 11) is 1.97. The van der Waals surface area contributed by atoms with Crippen LogP contribution in [0.1, 0.15) is 17.4 Å². The molecule has 2 heterocycles. The van der Waals surface area contributed by atoms with Gasteiger partial charge in [-0.1, -0.05) is 12.1 Å². The van der Waals surface area contributed by atoms with Crippen LogP contribution in [0.15, 0.2) is 43.0 Å². The molecule has 0 aliphatic rings. The van der Waals surface area contributed by atoms with E-state index in [0.717, 1.165) is 22.4 Å². The molecule has 2 N–H and O–H groups in total. The Bertz CT molecular complexity index is 698. The van der Waals surface area contributed by atoms with Gasteiger partial charge in [-0.2, -0.15) is 0 Å². The minimum atomic E-state index is -0.138. The zero-order valence-corrected chi connectivity index (χ0v) is 10.7. The Balaban J connectivity index is 1.98. The summed E-state index contributed by atoms with van der Waals surface area (Å²) in [6, 6.07) is 5.77. The quantitative estimate of drug-likeness (QED) is 0.769. The van der Waals surface area contributed by atoms with Crippen molar-refractivity contribution in [1.29, 1.82) is 0 Å². The molecule has 0 saturated carbocycles. The third kappa shape index (κ3) is 2.20. The van der Waals surface area contributed by atoms with Gasteiger partial charge in [0.1, 0.15) is 5.82 Å². The summed E-state index contributed by atoms with van der Waals surface area (Å²) in [4.78, 5) is 13.0. The number of imidazole rings is 1. The fraction of sp³-hybridized carbons (Fsp3) is 0.214. The van der Waals surface area contributed by atoms with E-state index in [1.54, 1.807) is 18.6 Å². The zero-order chi connectivity index (χ0) is 13.2. The van der Waals surface area contributed by atoms with Gasteiger partial charge in [0.2, 0.25) is 0 Å². The Hall–Kier alpha value is -2.27. The van der Waals surface area contributed by atoms with Crippen LogP contribution in [0.2, 0.25) is 0 Å². The number of aromatic nitrogens is 4. The predicted octanol–water partition coefficient (Wildman–Crippen LogP) is 1.61. The standard InChI is InChI=1S/C14H15N5/c1-19-8-7-17-13(19)9-11(15)10-3-2-4-12-14(10)18-6-5-16-12/h2-8,11H,9,15H2,1H3. The lowest BCUT2D eigenvalue weighted by Crippen LogP contribution is -2.16. The predicted molar refractivity (Wildman–Crippen MR) is 73.4 cm³/mol. The molecule has 3 rings (SSSR count). The van der Waals surface area contributed by atoms with E-state index >= 15 is 0 Å². The van der Waals surface area contributed by atoms with Crippen molar-refractivity contribution in [1.82, 2.24) is 19.5 Å². The van der Waals surface area contributed by atoms with Gasteiger partial charge in [0, 0.05) is 44.3 Å². The molecule has 0 aliphatic heterocycles. The van der Waals surface area contributed by atoms with Crippen molar-refractivity contribution in [2.24, 2.45) is 12.8 Å². The van der Waals surface area contributed by atoms with E-state index in [2.05, 4.69) is 15.0 Å². The average Bonchev–Trinajstić information content (AvgIpc) is 2.83. The average molecular weight is 253 g/mol. The third-order valence-electron chi connectivity index (χ3n) is 3.25. The maximum absolute atomic E-state index is 6.30. The normalized spacial score (nSPS) is 12.7. The van der Waals surface area contributed by atoms with Crippen LogP contribution in [0.3, 0.4) is 0 Å². The van der Waals surface area contributed by atoms with E-state index in [1.165, 1.54) is 0 Å². The van der Waals surface area contributed by atoms with Gasteiger partial charge >= 0.3 is 0 Å². The second-order valence-corrected chi connectivity index (χ2v) is 4.54. The second kappa shape index (κ2) is 4.78. The van der Waals surface area contributed by atoms with Crippen LogP contribution in [0.5, 0.6) is 0 Å². The van der Waals surface area contributed by atoms with E-state index in [0.29, 0.717) is 6.42 Å². The molecule has 5 nitrogen and oxygen atoms in total. The molecular formula is C14H15N5. The molecule has 96 valence electrons. The molecule has 0 spiro atoms. The number of nitrogens with two attached hydrogens (primary N) is 1. The van der Waals surface area contributed by atoms with Crippen molar-refractivity contribution >= 4 is 11.0 Å². The Morgan fingerprint density at radius 2 is 2.00 bits per heavy atom. The number of nitrogens with zero attached hydrogens (tertiary/aromatic N) is 4. The summed E-state index contributed by atoms with van der Waals surface area (Å²) in [6.45, 7) is 0. The molecule has 0 bridgehead atoms. The van der Waals surface area contributed by atoms with Crippen LogP contribution in [0, 0.1) is 0 Å². The second-order valence-electron chi connectivity index (χ2n) is 4.54. The molecule has 19 heavy (non-hydrogen) atoms. The van der Waals surface area contributed by atoms with Gasteiger partial charge in [-0.15, -0.1) is 0 Å². The van der Waals surface area contributed by atoms with Gasteiger partial charge in [-0.05, 0) is 11.6 Å². The summed E-state index contributed by atoms with van der Waals surface area (Å²) in [5, 5.41) is 0. The van der Waals surface area contributed by atoms with E-state index < -0.39 is 0 Å². The SMILES string of the molecule is Cn1ccnc1CC(N)c1cccc2nccnc12. The monoisotopic (exact) mass is 253 g/mol. The molecule has 1 aromatic carbocycles. The molecule has 1 atom stereocenters. The Morgan fingerprint density at radius 1 is 1.16 bits per heavy atom. The first kappa shape index (κ1) is 11.8. The smallest absolute Gasteiger partial charge is 0.110 e. The minimum Gasteiger partial charge on any atom is -0.338 e. The first-order valence-electron chi connectivity index (χ1n) is 6.17. The van der Waals surface area contributed by atoms with Crippen LogP contribution < -0.4 is 5.73 Å². The topological polar surface area (TPSA) is 69.6 Å². The maximum atomic E-state index is 6.30. The number of hydrogen-bond acceptors (Lipinski definition) is 4. The van der Waals surface area contributed by atoms with Crippen molar-refractivity contribution in [2.45, 2.75) is 12.5 Å². The van der Waals surface area contributed by atoms with Gasteiger partial charge in [0.25, 0.3) is 0 Å². The molecule has 0 saturated heterocycles. The van der Waals surface area contributed by atoms with Crippen LogP contribution >= 0.6 is 0 Å². The molecule has 2 aromatic heterocycles. The molecule has 5 heteroatoms. The fourth-order valence-electron chi connectivity index (χ4n) is 2.21. The molecule has 3 aromatic rings. The first-order valence-corrected chi connectivity index (χ1v) is 6.17. The number of para-hydroxylation sites is 1. The summed E-state index contributed by atoms with van der Waals surface area (Å²) < 4.78 is 1.98. The number of aryl methyl sites for hydroxylation is 1. The van der Waals surface area contributed by atoms with Crippen LogP contribution in [-0.4, -0.2) is 19.5 Å². The fourth-order valence-corrected chi connectivity index (χ4v) is 2.21. The van der Waals surface area contributed by atoms with E-state index in [-0.39, 0.29) is 6.04 Å². The first-order chi connectivity index (χ1) is 9.25. The van der Waals surface area contributed by atoms with Gasteiger partial charge in [-0.3, -0.25) is 9.97 Å². The third-order valence-corrected chi connectivity index (χ3v) is 3.25. The number of hydrogen-bond donors (Lipinski definition) is 1. The highest BCUT2D eigenvalue weighted by molar-refractivity contribution is 5.78. The zero-order valence-electron chi connectivity index (χ0n) is 10.7. The summed E-state index contributed by atoms with van der Waals surface area (Å²) in [5.74, 6) is 0.966. The van der Waals surface area contributed by atoms with E-state index in [1.807, 2.05) is 36.0 Å². The molecular weight excluding hydrogens is 238 g/mol. The van der Waals surface area contributed by atoms with Gasteiger partial charge < -0.3 is 10.3 Å². The number of benzene rings is 1. The lowest BCUT2D eigenvalue weighted by atomic mass is 10.0. The molecule has 1 unspecified atom stereocenters. The highest BCUT2D eigenvalue weighted by Gasteiger charge is 2.13. The Kier molecular flexibility index (Phi) is 2.97. The van der Waals surface area contributed by atoms with Gasteiger partial charge in [0.05, 0.1) is 11.0 Å². The van der Waals surface area contributed by atoms with Crippen LogP contribution in [0.4, 0.5) is 0 Å². The molecule has 0 radical (unpaired) electrons. The van der Waals surface area contributed by atoms with Crippen LogP contribution in [-0.2, 0) is 13.5 Å². The molecule has 0 fully saturated rings. The van der Waals surface area contributed by atoms with Crippen molar-refractivity contribution < 1.29 is 0 Å². The van der Waals surface area contributed by atoms with Crippen LogP contribution in [0.25, 0.3) is 11.0 Å². The number of fused-ring (bicyclic) bond motifs is 1. The minimum absolute atomic E-state index is 0.138. The lowest BCUT2D eigenvalue weighted by Gasteiger charge is -2.13. The Labute approximate surface area is 111 Å². The van der Waals surface area contributed by atoms with Gasteiger partial charge in [-0.25, -0.2) is 4.98 Å². The summed E-state index contributed by atoms with van der Waals surface area (Å²) in [6.07, 6.45) is 7.77. The number of rotatable bonds is 3. The Morgan fingerprint density at radius 3 is 2.79 bits per heavy atom. The van der Waals surface area contributed by atoms with E-state index in [9.17, 15) is 0 Å². The largest absolute Gasteiger partial charge is 0.338 e. The maximum Gasteiger partial charge on any atom is 0.110 e. The van der Waals surface area contributed by atoms with Gasteiger partial charge in [0.15, 0.2) is 0 Å². The highest BCUT2D eigenvalue weighted by Crippen LogP contribution is 2.21. The lowest BCUT2D eigenvalue weighted by molar-refractivity contribution is 0.662.